The Kier molecular flexibility index (Phi) is 3.71. The fourth-order valence-electron chi connectivity index (χ4n) is 3.63. The number of fused-ring (bicyclic) bond motifs is 2. The van der Waals surface area contributed by atoms with Gasteiger partial charge in [-0.2, -0.15) is 0 Å². The SMILES string of the molecule is CN(C)S(=O)(=O)c1ccccc1N1C2CCC1CC(O)C2. The van der Waals surface area contributed by atoms with Crippen LogP contribution in [-0.2, 0) is 10.0 Å². The molecule has 5 nitrogen and oxygen atoms in total. The fraction of sp³-hybridized carbons (Fsp3) is 0.600. The highest BCUT2D eigenvalue weighted by molar-refractivity contribution is 7.89. The Morgan fingerprint density at radius 1 is 1.14 bits per heavy atom. The minimum Gasteiger partial charge on any atom is -0.393 e. The van der Waals surface area contributed by atoms with Crippen molar-refractivity contribution >= 4 is 15.7 Å². The quantitative estimate of drug-likeness (QED) is 0.917. The van der Waals surface area contributed by atoms with E-state index in [0.717, 1.165) is 31.4 Å². The first kappa shape index (κ1) is 14.8. The van der Waals surface area contributed by atoms with Crippen molar-refractivity contribution in [3.05, 3.63) is 24.3 Å². The van der Waals surface area contributed by atoms with Gasteiger partial charge in [0.25, 0.3) is 0 Å². The third-order valence-corrected chi connectivity index (χ3v) is 6.47. The highest BCUT2D eigenvalue weighted by Gasteiger charge is 2.42. The van der Waals surface area contributed by atoms with Crippen molar-refractivity contribution in [1.29, 1.82) is 0 Å². The van der Waals surface area contributed by atoms with Gasteiger partial charge in [0.1, 0.15) is 4.90 Å². The van der Waals surface area contributed by atoms with Gasteiger partial charge >= 0.3 is 0 Å². The molecule has 0 amide bonds. The molecule has 3 rings (SSSR count). The summed E-state index contributed by atoms with van der Waals surface area (Å²) in [4.78, 5) is 2.59. The lowest BCUT2D eigenvalue weighted by Gasteiger charge is -2.40. The van der Waals surface area contributed by atoms with Gasteiger partial charge in [0.2, 0.25) is 10.0 Å². The molecular weight excluding hydrogens is 288 g/mol. The van der Waals surface area contributed by atoms with Gasteiger partial charge in [-0.1, -0.05) is 12.1 Å². The molecule has 0 radical (unpaired) electrons. The van der Waals surface area contributed by atoms with Crippen LogP contribution in [0.3, 0.4) is 0 Å². The summed E-state index contributed by atoms with van der Waals surface area (Å²) < 4.78 is 26.3. The van der Waals surface area contributed by atoms with Crippen molar-refractivity contribution in [2.45, 2.75) is 48.8 Å². The van der Waals surface area contributed by atoms with E-state index in [0.29, 0.717) is 4.90 Å². The molecule has 1 N–H and O–H groups in total. The van der Waals surface area contributed by atoms with Gasteiger partial charge in [-0.25, -0.2) is 12.7 Å². The molecule has 0 aliphatic carbocycles. The monoisotopic (exact) mass is 310 g/mol. The molecule has 6 heteroatoms. The molecule has 116 valence electrons. The number of rotatable bonds is 3. The molecule has 2 heterocycles. The maximum Gasteiger partial charge on any atom is 0.244 e. The van der Waals surface area contributed by atoms with E-state index in [-0.39, 0.29) is 18.2 Å². The Bertz CT molecular complexity index is 616. The van der Waals surface area contributed by atoms with E-state index in [9.17, 15) is 13.5 Å². The van der Waals surface area contributed by atoms with Crippen LogP contribution in [0.2, 0.25) is 0 Å². The van der Waals surface area contributed by atoms with Crippen molar-refractivity contribution in [1.82, 2.24) is 4.31 Å². The molecule has 0 aromatic heterocycles. The Morgan fingerprint density at radius 3 is 2.29 bits per heavy atom. The second-order valence-corrected chi connectivity index (χ2v) is 8.29. The second kappa shape index (κ2) is 5.26. The lowest BCUT2D eigenvalue weighted by Crippen LogP contribution is -2.45. The second-order valence-electron chi connectivity index (χ2n) is 6.17. The first-order valence-electron chi connectivity index (χ1n) is 7.39. The van der Waals surface area contributed by atoms with E-state index in [4.69, 9.17) is 0 Å². The number of sulfonamides is 1. The van der Waals surface area contributed by atoms with Gasteiger partial charge in [0.15, 0.2) is 0 Å². The zero-order valence-electron chi connectivity index (χ0n) is 12.4. The van der Waals surface area contributed by atoms with Crippen molar-refractivity contribution in [2.75, 3.05) is 19.0 Å². The molecule has 0 saturated carbocycles. The van der Waals surface area contributed by atoms with E-state index < -0.39 is 10.0 Å². The van der Waals surface area contributed by atoms with Crippen LogP contribution < -0.4 is 4.90 Å². The molecule has 0 spiro atoms. The summed E-state index contributed by atoms with van der Waals surface area (Å²) in [5.41, 5.74) is 0.783. The van der Waals surface area contributed by atoms with Gasteiger partial charge in [0.05, 0.1) is 11.8 Å². The van der Waals surface area contributed by atoms with E-state index >= 15 is 0 Å². The summed E-state index contributed by atoms with van der Waals surface area (Å²) in [5, 5.41) is 9.92. The number of piperidine rings is 1. The minimum atomic E-state index is -3.46. The summed E-state index contributed by atoms with van der Waals surface area (Å²) in [6, 6.07) is 7.71. The number of para-hydroxylation sites is 1. The maximum atomic E-state index is 12.5. The van der Waals surface area contributed by atoms with Crippen molar-refractivity contribution < 1.29 is 13.5 Å². The van der Waals surface area contributed by atoms with E-state index in [1.165, 1.54) is 4.31 Å². The van der Waals surface area contributed by atoms with Crippen molar-refractivity contribution in [3.8, 4) is 0 Å². The average Bonchev–Trinajstić information content (AvgIpc) is 2.70. The van der Waals surface area contributed by atoms with Crippen molar-refractivity contribution in [2.24, 2.45) is 0 Å². The van der Waals surface area contributed by atoms with E-state index in [2.05, 4.69) is 4.90 Å². The third kappa shape index (κ3) is 2.45. The van der Waals surface area contributed by atoms with E-state index in [1.807, 2.05) is 12.1 Å². The van der Waals surface area contributed by atoms with Crippen LogP contribution in [0, 0.1) is 0 Å². The molecule has 21 heavy (non-hydrogen) atoms. The van der Waals surface area contributed by atoms with Gasteiger partial charge in [0, 0.05) is 26.2 Å². The van der Waals surface area contributed by atoms with Crippen molar-refractivity contribution in [3.63, 3.8) is 0 Å². The highest BCUT2D eigenvalue weighted by atomic mass is 32.2. The summed E-state index contributed by atoms with van der Waals surface area (Å²) in [5.74, 6) is 0. The van der Waals surface area contributed by atoms with Crippen LogP contribution in [0.1, 0.15) is 25.7 Å². The molecule has 1 aromatic rings. The summed E-state index contributed by atoms with van der Waals surface area (Å²) >= 11 is 0. The van der Waals surface area contributed by atoms with Gasteiger partial charge in [-0.05, 0) is 37.8 Å². The average molecular weight is 310 g/mol. The largest absolute Gasteiger partial charge is 0.393 e. The Labute approximate surface area is 126 Å². The lowest BCUT2D eigenvalue weighted by atomic mass is 9.99. The van der Waals surface area contributed by atoms with Crippen LogP contribution in [0.25, 0.3) is 0 Å². The van der Waals surface area contributed by atoms with Gasteiger partial charge in [-0.3, -0.25) is 0 Å². The molecule has 2 unspecified atom stereocenters. The number of aliphatic hydroxyl groups is 1. The number of nitrogens with zero attached hydrogens (tertiary/aromatic N) is 2. The number of anilines is 1. The van der Waals surface area contributed by atoms with Gasteiger partial charge in [-0.15, -0.1) is 0 Å². The van der Waals surface area contributed by atoms with Crippen LogP contribution in [0.15, 0.2) is 29.2 Å². The fourth-order valence-corrected chi connectivity index (χ4v) is 4.71. The molecule has 1 aromatic carbocycles. The smallest absolute Gasteiger partial charge is 0.244 e. The first-order chi connectivity index (χ1) is 9.91. The molecule has 2 aliphatic heterocycles. The van der Waals surface area contributed by atoms with Crippen LogP contribution in [0.5, 0.6) is 0 Å². The first-order valence-corrected chi connectivity index (χ1v) is 8.83. The zero-order valence-corrected chi connectivity index (χ0v) is 13.3. The van der Waals surface area contributed by atoms with Crippen LogP contribution in [0.4, 0.5) is 5.69 Å². The van der Waals surface area contributed by atoms with Gasteiger partial charge < -0.3 is 10.0 Å². The molecule has 2 saturated heterocycles. The maximum absolute atomic E-state index is 12.5. The van der Waals surface area contributed by atoms with E-state index in [1.54, 1.807) is 26.2 Å². The Balaban J connectivity index is 2.05. The summed E-state index contributed by atoms with van der Waals surface area (Å²) in [7, 11) is -0.348. The highest BCUT2D eigenvalue weighted by Crippen LogP contribution is 2.41. The van der Waals surface area contributed by atoms with Crippen LogP contribution >= 0.6 is 0 Å². The molecule has 2 fully saturated rings. The number of benzene rings is 1. The van der Waals surface area contributed by atoms with Crippen LogP contribution in [-0.4, -0.2) is 50.1 Å². The lowest BCUT2D eigenvalue weighted by molar-refractivity contribution is 0.126. The summed E-state index contributed by atoms with van der Waals surface area (Å²) in [6.45, 7) is 0. The predicted molar refractivity (Wildman–Crippen MR) is 81.8 cm³/mol. The standard InChI is InChI=1S/C15H22N2O3S/c1-16(2)21(19,20)15-6-4-3-5-14(15)17-11-7-8-12(17)10-13(18)9-11/h3-6,11-13,18H,7-10H2,1-2H3. The molecule has 2 bridgehead atoms. The predicted octanol–water partition coefficient (Wildman–Crippen LogP) is 1.43. The third-order valence-electron chi connectivity index (χ3n) is 4.61. The number of hydrogen-bond donors (Lipinski definition) is 1. The summed E-state index contributed by atoms with van der Waals surface area (Å²) in [6.07, 6.45) is 3.26. The number of aliphatic hydroxyl groups excluding tert-OH is 1. The minimum absolute atomic E-state index is 0.247. The Hall–Kier alpha value is -1.11. The number of hydrogen-bond acceptors (Lipinski definition) is 4. The molecular formula is C15H22N2O3S. The zero-order chi connectivity index (χ0) is 15.2. The Morgan fingerprint density at radius 2 is 1.71 bits per heavy atom. The molecule has 2 aliphatic rings. The molecule has 2 atom stereocenters. The normalized spacial score (nSPS) is 29.1. The topological polar surface area (TPSA) is 60.9 Å².